The van der Waals surface area contributed by atoms with E-state index in [1.165, 1.54) is 24.2 Å². The second kappa shape index (κ2) is 5.33. The molecule has 3 N–H and O–H groups in total. The highest BCUT2D eigenvalue weighted by Crippen LogP contribution is 2.48. The molecule has 20 heavy (non-hydrogen) atoms. The van der Waals surface area contributed by atoms with Gasteiger partial charge in [0.1, 0.15) is 0 Å². The normalized spacial score (nSPS) is 31.6. The zero-order chi connectivity index (χ0) is 14.3. The number of aliphatic hydroxyl groups excluding tert-OH is 1. The van der Waals surface area contributed by atoms with Crippen molar-refractivity contribution in [3.05, 3.63) is 10.6 Å². The summed E-state index contributed by atoms with van der Waals surface area (Å²) in [5.41, 5.74) is 0.957. The van der Waals surface area contributed by atoms with Gasteiger partial charge < -0.3 is 10.4 Å². The van der Waals surface area contributed by atoms with Crippen molar-refractivity contribution < 1.29 is 9.90 Å². The number of hydrogen-bond acceptors (Lipinski definition) is 4. The quantitative estimate of drug-likeness (QED) is 0.801. The van der Waals surface area contributed by atoms with Gasteiger partial charge in [-0.1, -0.05) is 0 Å². The van der Waals surface area contributed by atoms with E-state index in [1.54, 1.807) is 0 Å². The molecule has 0 aliphatic heterocycles. The number of thiazole rings is 1. The Kier molecular flexibility index (Phi) is 3.69. The molecular formula is C14H21N3O2S. The van der Waals surface area contributed by atoms with Crippen molar-refractivity contribution in [1.29, 1.82) is 0 Å². The van der Waals surface area contributed by atoms with E-state index in [4.69, 9.17) is 0 Å². The molecule has 2 amide bonds. The van der Waals surface area contributed by atoms with Crippen molar-refractivity contribution in [3.8, 4) is 0 Å². The number of aryl methyl sites for hydroxylation is 2. The van der Waals surface area contributed by atoms with Crippen molar-refractivity contribution in [2.75, 3.05) is 11.9 Å². The highest BCUT2D eigenvalue weighted by Gasteiger charge is 2.47. The van der Waals surface area contributed by atoms with E-state index in [0.717, 1.165) is 17.0 Å². The molecule has 1 aromatic heterocycles. The van der Waals surface area contributed by atoms with Crippen LogP contribution in [0.1, 0.15) is 29.8 Å². The molecule has 110 valence electrons. The molecule has 0 radical (unpaired) electrons. The molecule has 2 aliphatic rings. The van der Waals surface area contributed by atoms with Gasteiger partial charge in [-0.3, -0.25) is 5.32 Å². The highest BCUT2D eigenvalue weighted by molar-refractivity contribution is 7.15. The first-order valence-corrected chi connectivity index (χ1v) is 8.02. The van der Waals surface area contributed by atoms with Crippen LogP contribution >= 0.6 is 11.3 Å². The van der Waals surface area contributed by atoms with Gasteiger partial charge in [0.05, 0.1) is 5.69 Å². The Balaban J connectivity index is 1.61. The molecule has 6 heteroatoms. The van der Waals surface area contributed by atoms with Gasteiger partial charge in [0, 0.05) is 23.4 Å². The second-order valence-corrected chi connectivity index (χ2v) is 7.17. The summed E-state index contributed by atoms with van der Waals surface area (Å²) in [6.45, 7) is 4.10. The molecule has 0 spiro atoms. The number of anilines is 1. The maximum absolute atomic E-state index is 12.1. The van der Waals surface area contributed by atoms with Crippen LogP contribution < -0.4 is 10.6 Å². The first-order chi connectivity index (χ1) is 9.58. The van der Waals surface area contributed by atoms with E-state index in [2.05, 4.69) is 15.6 Å². The summed E-state index contributed by atoms with van der Waals surface area (Å²) in [6, 6.07) is -0.0874. The SMILES string of the molecule is Cc1nc(NC(=O)N[C@@H]2[C@H]3CC[C@@H](C3)[C@H]2CO)sc1C. The van der Waals surface area contributed by atoms with Gasteiger partial charge in [0.2, 0.25) is 0 Å². The summed E-state index contributed by atoms with van der Waals surface area (Å²) in [5.74, 6) is 1.33. The molecule has 1 heterocycles. The number of rotatable bonds is 3. The van der Waals surface area contributed by atoms with Gasteiger partial charge in [0.25, 0.3) is 0 Å². The monoisotopic (exact) mass is 295 g/mol. The summed E-state index contributed by atoms with van der Waals surface area (Å²) in [7, 11) is 0. The molecule has 2 aliphatic carbocycles. The lowest BCUT2D eigenvalue weighted by Crippen LogP contribution is -2.46. The number of nitrogens with one attached hydrogen (secondary N) is 2. The molecule has 4 atom stereocenters. The lowest BCUT2D eigenvalue weighted by atomic mass is 9.85. The summed E-state index contributed by atoms with van der Waals surface area (Å²) in [6.07, 6.45) is 3.51. The van der Waals surface area contributed by atoms with Crippen LogP contribution in [-0.2, 0) is 0 Å². The number of nitrogens with zero attached hydrogens (tertiary/aromatic N) is 1. The minimum absolute atomic E-state index is 0.112. The smallest absolute Gasteiger partial charge is 0.321 e. The second-order valence-electron chi connectivity index (χ2n) is 5.96. The third kappa shape index (κ3) is 2.42. The average molecular weight is 295 g/mol. The fourth-order valence-electron chi connectivity index (χ4n) is 3.71. The van der Waals surface area contributed by atoms with E-state index in [0.29, 0.717) is 17.0 Å². The Morgan fingerprint density at radius 1 is 1.40 bits per heavy atom. The number of carbonyl (C=O) groups is 1. The van der Waals surface area contributed by atoms with E-state index in [9.17, 15) is 9.90 Å². The fourth-order valence-corrected chi connectivity index (χ4v) is 4.52. The molecular weight excluding hydrogens is 274 g/mol. The maximum Gasteiger partial charge on any atom is 0.321 e. The Morgan fingerprint density at radius 3 is 2.80 bits per heavy atom. The van der Waals surface area contributed by atoms with Gasteiger partial charge in [-0.2, -0.15) is 0 Å². The van der Waals surface area contributed by atoms with Crippen molar-refractivity contribution in [3.63, 3.8) is 0 Å². The minimum atomic E-state index is -0.199. The van der Waals surface area contributed by atoms with Crippen molar-refractivity contribution >= 4 is 22.5 Å². The lowest BCUT2D eigenvalue weighted by molar-refractivity contribution is 0.146. The molecule has 0 aromatic carbocycles. The third-order valence-corrected chi connectivity index (χ3v) is 5.83. The minimum Gasteiger partial charge on any atom is -0.396 e. The van der Waals surface area contributed by atoms with E-state index in [1.807, 2.05) is 13.8 Å². The summed E-state index contributed by atoms with van der Waals surface area (Å²) in [4.78, 5) is 17.5. The molecule has 3 rings (SSSR count). The Labute approximate surface area is 122 Å². The molecule has 5 nitrogen and oxygen atoms in total. The highest BCUT2D eigenvalue weighted by atomic mass is 32.1. The first-order valence-electron chi connectivity index (χ1n) is 7.21. The number of aromatic nitrogens is 1. The van der Waals surface area contributed by atoms with Crippen molar-refractivity contribution in [1.82, 2.24) is 10.3 Å². The number of aliphatic hydroxyl groups is 1. The number of carbonyl (C=O) groups excluding carboxylic acids is 1. The van der Waals surface area contributed by atoms with Crippen LogP contribution in [0, 0.1) is 31.6 Å². The van der Waals surface area contributed by atoms with Gasteiger partial charge in [-0.25, -0.2) is 9.78 Å². The van der Waals surface area contributed by atoms with Gasteiger partial charge in [0.15, 0.2) is 5.13 Å². The van der Waals surface area contributed by atoms with Gasteiger partial charge in [-0.05, 0) is 44.9 Å². The maximum atomic E-state index is 12.1. The molecule has 1 aromatic rings. The van der Waals surface area contributed by atoms with Gasteiger partial charge >= 0.3 is 6.03 Å². The Morgan fingerprint density at radius 2 is 2.15 bits per heavy atom. The van der Waals surface area contributed by atoms with Crippen LogP contribution in [0.2, 0.25) is 0 Å². The Bertz CT molecular complexity index is 497. The number of fused-ring (bicyclic) bond motifs is 2. The number of hydrogen-bond donors (Lipinski definition) is 3. The van der Waals surface area contributed by atoms with E-state index < -0.39 is 0 Å². The topological polar surface area (TPSA) is 74.2 Å². The summed E-state index contributed by atoms with van der Waals surface area (Å²) >= 11 is 1.49. The number of urea groups is 1. The summed E-state index contributed by atoms with van der Waals surface area (Å²) in [5, 5.41) is 16.0. The third-order valence-electron chi connectivity index (χ3n) is 4.85. The largest absolute Gasteiger partial charge is 0.396 e. The van der Waals surface area contributed by atoms with E-state index in [-0.39, 0.29) is 24.6 Å². The predicted molar refractivity (Wildman–Crippen MR) is 78.9 cm³/mol. The Hall–Kier alpha value is -1.14. The van der Waals surface area contributed by atoms with Crippen LogP contribution in [0.3, 0.4) is 0 Å². The standard InChI is InChI=1S/C14H21N3O2S/c1-7-8(2)20-14(15-7)17-13(19)16-12-10-4-3-9(5-10)11(12)6-18/h9-12,18H,3-6H2,1-2H3,(H2,15,16,17,19)/t9-,10-,11+,12+/m0/s1. The molecule has 0 unspecified atom stereocenters. The zero-order valence-electron chi connectivity index (χ0n) is 11.8. The molecule has 2 saturated carbocycles. The first kappa shape index (κ1) is 13.8. The van der Waals surface area contributed by atoms with Crippen LogP contribution in [0.25, 0.3) is 0 Å². The van der Waals surface area contributed by atoms with Crippen molar-refractivity contribution in [2.45, 2.75) is 39.2 Å². The van der Waals surface area contributed by atoms with Crippen LogP contribution in [0.15, 0.2) is 0 Å². The lowest BCUT2D eigenvalue weighted by Gasteiger charge is -2.30. The van der Waals surface area contributed by atoms with Crippen LogP contribution in [-0.4, -0.2) is 28.8 Å². The number of amides is 2. The molecule has 2 bridgehead atoms. The van der Waals surface area contributed by atoms with Crippen LogP contribution in [0.5, 0.6) is 0 Å². The van der Waals surface area contributed by atoms with Crippen molar-refractivity contribution in [2.24, 2.45) is 17.8 Å². The predicted octanol–water partition coefficient (Wildman–Crippen LogP) is 2.29. The van der Waals surface area contributed by atoms with Crippen LogP contribution in [0.4, 0.5) is 9.93 Å². The summed E-state index contributed by atoms with van der Waals surface area (Å²) < 4.78 is 0. The molecule has 2 fully saturated rings. The zero-order valence-corrected chi connectivity index (χ0v) is 12.7. The van der Waals surface area contributed by atoms with Gasteiger partial charge in [-0.15, -0.1) is 11.3 Å². The fraction of sp³-hybridized carbons (Fsp3) is 0.714. The average Bonchev–Trinajstić information content (AvgIpc) is 3.05. The van der Waals surface area contributed by atoms with E-state index >= 15 is 0 Å². The molecule has 0 saturated heterocycles.